The van der Waals surface area contributed by atoms with Gasteiger partial charge in [-0.3, -0.25) is 0 Å². The zero-order valence-corrected chi connectivity index (χ0v) is 13.6. The lowest BCUT2D eigenvalue weighted by Crippen LogP contribution is -2.42. The van der Waals surface area contributed by atoms with Crippen LogP contribution < -0.4 is 5.46 Å². The highest BCUT2D eigenvalue weighted by Gasteiger charge is 2.56. The molecule has 0 radical (unpaired) electrons. The van der Waals surface area contributed by atoms with Crippen LogP contribution in [0.15, 0.2) is 65.9 Å². The second-order valence-corrected chi connectivity index (χ2v) is 6.69. The zero-order chi connectivity index (χ0) is 18.4. The fourth-order valence-corrected chi connectivity index (χ4v) is 3.85. The molecule has 0 aromatic heterocycles. The number of rotatable bonds is 4. The van der Waals surface area contributed by atoms with Crippen LogP contribution in [0.25, 0.3) is 0 Å². The number of benzene rings is 2. The van der Waals surface area contributed by atoms with E-state index in [1.54, 1.807) is 6.07 Å². The van der Waals surface area contributed by atoms with Gasteiger partial charge in [0.05, 0.1) is 0 Å². The second kappa shape index (κ2) is 6.42. The molecule has 4 rings (SSSR count). The fourth-order valence-electron chi connectivity index (χ4n) is 3.85. The van der Waals surface area contributed by atoms with Gasteiger partial charge in [-0.2, -0.15) is 0 Å². The Morgan fingerprint density at radius 3 is 2.19 bits per heavy atom. The first-order chi connectivity index (χ1) is 12.5. The van der Waals surface area contributed by atoms with Gasteiger partial charge in [-0.1, -0.05) is 35.8 Å². The fraction of sp³-hybridized carbons (Fsp3) is 0.200. The Labute approximate surface area is 148 Å². The molecule has 0 saturated heterocycles. The topological polar surface area (TPSA) is 0 Å². The van der Waals surface area contributed by atoms with E-state index in [1.165, 1.54) is 30.3 Å². The Kier molecular flexibility index (Phi) is 4.21. The summed E-state index contributed by atoms with van der Waals surface area (Å²) < 4.78 is 71.7. The number of halogens is 5. The molecule has 0 N–H and O–H groups in total. The third-order valence-corrected chi connectivity index (χ3v) is 5.19. The van der Waals surface area contributed by atoms with Gasteiger partial charge >= 0.3 is 0 Å². The summed E-state index contributed by atoms with van der Waals surface area (Å²) in [5.74, 6) is -4.19. The van der Waals surface area contributed by atoms with Crippen LogP contribution in [0.3, 0.4) is 0 Å². The van der Waals surface area contributed by atoms with E-state index in [0.717, 1.165) is 18.2 Å². The summed E-state index contributed by atoms with van der Waals surface area (Å²) in [6.45, 7) is -1.12. The highest BCUT2D eigenvalue weighted by molar-refractivity contribution is 6.79. The maximum atomic E-state index is 14.6. The van der Waals surface area contributed by atoms with Crippen molar-refractivity contribution in [2.24, 2.45) is 11.8 Å². The third kappa shape index (κ3) is 2.77. The Morgan fingerprint density at radius 2 is 1.50 bits per heavy atom. The molecular formula is C20H14BF5. The molecule has 0 bridgehead atoms. The Morgan fingerprint density at radius 1 is 0.846 bits per heavy atom. The van der Waals surface area contributed by atoms with Crippen molar-refractivity contribution in [1.82, 2.24) is 0 Å². The van der Waals surface area contributed by atoms with Gasteiger partial charge in [-0.05, 0) is 41.6 Å². The zero-order valence-electron chi connectivity index (χ0n) is 13.6. The van der Waals surface area contributed by atoms with Crippen molar-refractivity contribution in [2.45, 2.75) is 12.5 Å². The standard InChI is InChI=1S/C20H14BF5/c22-13-5-2-1-4-11(13)10-21(18-14(23)6-3-7-15(18)24)19-16(25)9-8-12-17(19)20(12)26/h1-9,12,17,20H,10H2. The van der Waals surface area contributed by atoms with Crippen LogP contribution in [0.4, 0.5) is 22.0 Å². The average molecular weight is 360 g/mol. The van der Waals surface area contributed by atoms with Crippen LogP contribution in [0, 0.1) is 29.3 Å². The van der Waals surface area contributed by atoms with Crippen molar-refractivity contribution in [3.8, 4) is 0 Å². The summed E-state index contributed by atoms with van der Waals surface area (Å²) in [5.41, 5.74) is -0.145. The molecule has 0 nitrogen and oxygen atoms in total. The van der Waals surface area contributed by atoms with Crippen molar-refractivity contribution >= 4 is 12.2 Å². The van der Waals surface area contributed by atoms with E-state index in [0.29, 0.717) is 0 Å². The number of alkyl halides is 1. The molecular weight excluding hydrogens is 346 g/mol. The molecule has 132 valence electrons. The molecule has 0 heterocycles. The van der Waals surface area contributed by atoms with Crippen LogP contribution in [-0.4, -0.2) is 12.9 Å². The minimum Gasteiger partial charge on any atom is -0.246 e. The van der Waals surface area contributed by atoms with E-state index >= 15 is 0 Å². The van der Waals surface area contributed by atoms with Gasteiger partial charge in [-0.25, -0.2) is 22.0 Å². The molecule has 0 amide bonds. The molecule has 2 aromatic rings. The van der Waals surface area contributed by atoms with E-state index in [1.807, 2.05) is 0 Å². The molecule has 1 saturated carbocycles. The number of fused-ring (bicyclic) bond motifs is 1. The van der Waals surface area contributed by atoms with Crippen molar-refractivity contribution in [3.05, 3.63) is 88.9 Å². The van der Waals surface area contributed by atoms with Crippen LogP contribution in [0.2, 0.25) is 0 Å². The van der Waals surface area contributed by atoms with Gasteiger partial charge in [-0.15, -0.1) is 0 Å². The minimum absolute atomic E-state index is 0.0113. The average Bonchev–Trinajstić information content (AvgIpc) is 3.26. The molecule has 2 aliphatic carbocycles. The Hall–Kier alpha value is -2.37. The lowest BCUT2D eigenvalue weighted by Gasteiger charge is -2.21. The van der Waals surface area contributed by atoms with Gasteiger partial charge in [0.15, 0.2) is 0 Å². The van der Waals surface area contributed by atoms with Crippen LogP contribution in [0.5, 0.6) is 0 Å². The number of hydrogen-bond donors (Lipinski definition) is 0. The van der Waals surface area contributed by atoms with Gasteiger partial charge in [0, 0.05) is 11.8 Å². The molecule has 26 heavy (non-hydrogen) atoms. The predicted molar refractivity (Wildman–Crippen MR) is 91.0 cm³/mol. The van der Waals surface area contributed by atoms with E-state index in [9.17, 15) is 22.0 Å². The third-order valence-electron chi connectivity index (χ3n) is 5.19. The summed E-state index contributed by atoms with van der Waals surface area (Å²) in [6, 6.07) is 9.15. The predicted octanol–water partition coefficient (Wildman–Crippen LogP) is 4.50. The Bertz CT molecular complexity index is 900. The van der Waals surface area contributed by atoms with Crippen molar-refractivity contribution in [3.63, 3.8) is 0 Å². The van der Waals surface area contributed by atoms with Gasteiger partial charge < -0.3 is 0 Å². The van der Waals surface area contributed by atoms with Crippen molar-refractivity contribution in [1.29, 1.82) is 0 Å². The highest BCUT2D eigenvalue weighted by Crippen LogP contribution is 2.52. The number of hydrogen-bond acceptors (Lipinski definition) is 0. The quantitative estimate of drug-likeness (QED) is 0.556. The Balaban J connectivity index is 1.85. The summed E-state index contributed by atoms with van der Waals surface area (Å²) in [5, 5.41) is 0. The SMILES string of the molecule is FC1=C(B(Cc2ccccc2F)c2c(F)cccc2F)C2C(F)C2C=C1. The second-order valence-electron chi connectivity index (χ2n) is 6.69. The molecule has 2 aromatic carbocycles. The molecule has 6 heteroatoms. The van der Waals surface area contributed by atoms with Crippen LogP contribution in [-0.2, 0) is 6.32 Å². The summed E-state index contributed by atoms with van der Waals surface area (Å²) >= 11 is 0. The molecule has 0 aliphatic heterocycles. The lowest BCUT2D eigenvalue weighted by atomic mass is 9.35. The van der Waals surface area contributed by atoms with E-state index in [-0.39, 0.29) is 22.8 Å². The largest absolute Gasteiger partial charge is 0.246 e. The molecule has 3 atom stereocenters. The molecule has 2 aliphatic rings. The first-order valence-corrected chi connectivity index (χ1v) is 8.38. The van der Waals surface area contributed by atoms with Gasteiger partial charge in [0.1, 0.15) is 29.5 Å². The van der Waals surface area contributed by atoms with E-state index < -0.39 is 48.0 Å². The minimum atomic E-state index is -1.28. The monoisotopic (exact) mass is 360 g/mol. The highest BCUT2D eigenvalue weighted by atomic mass is 19.1. The van der Waals surface area contributed by atoms with Crippen molar-refractivity contribution < 1.29 is 22.0 Å². The molecule has 0 spiro atoms. The molecule has 1 fully saturated rings. The van der Waals surface area contributed by atoms with Crippen LogP contribution in [0.1, 0.15) is 5.56 Å². The summed E-state index contributed by atoms with van der Waals surface area (Å²) in [4.78, 5) is 0. The maximum absolute atomic E-state index is 14.6. The maximum Gasteiger partial charge on any atom is 0.220 e. The lowest BCUT2D eigenvalue weighted by molar-refractivity contribution is 0.450. The van der Waals surface area contributed by atoms with E-state index in [4.69, 9.17) is 0 Å². The summed E-state index contributed by atoms with van der Waals surface area (Å²) in [6.07, 6.45) is 1.14. The van der Waals surface area contributed by atoms with Crippen LogP contribution >= 0.6 is 0 Å². The van der Waals surface area contributed by atoms with Crippen molar-refractivity contribution in [2.75, 3.05) is 0 Å². The number of allylic oxidation sites excluding steroid dienone is 4. The smallest absolute Gasteiger partial charge is 0.220 e. The molecule has 3 unspecified atom stereocenters. The first kappa shape index (κ1) is 17.1. The summed E-state index contributed by atoms with van der Waals surface area (Å²) in [7, 11) is 0. The van der Waals surface area contributed by atoms with Gasteiger partial charge in [0.2, 0.25) is 6.71 Å². The van der Waals surface area contributed by atoms with E-state index in [2.05, 4.69) is 0 Å². The first-order valence-electron chi connectivity index (χ1n) is 8.38. The normalized spacial score (nSPS) is 23.8. The van der Waals surface area contributed by atoms with Gasteiger partial charge in [0.25, 0.3) is 0 Å².